The van der Waals surface area contributed by atoms with E-state index in [-0.39, 0.29) is 15.5 Å². The van der Waals surface area contributed by atoms with Crippen molar-refractivity contribution < 1.29 is 22.7 Å². The number of thiophene rings is 1. The van der Waals surface area contributed by atoms with E-state index in [0.29, 0.717) is 10.4 Å². The molecule has 1 aromatic carbocycles. The first kappa shape index (κ1) is 15.5. The minimum atomic E-state index is -3.96. The number of carboxylic acid groups (broad SMARTS) is 1. The Morgan fingerprint density at radius 2 is 1.95 bits per heavy atom. The predicted molar refractivity (Wildman–Crippen MR) is 78.0 cm³/mol. The largest absolute Gasteiger partial charge is 0.477 e. The van der Waals surface area contributed by atoms with E-state index in [1.54, 1.807) is 6.92 Å². The number of aryl methyl sites for hydroxylation is 2. The summed E-state index contributed by atoms with van der Waals surface area (Å²) in [5.74, 6) is -1.71. The summed E-state index contributed by atoms with van der Waals surface area (Å²) in [7, 11) is -3.96. The van der Waals surface area contributed by atoms with E-state index in [1.807, 2.05) is 0 Å². The molecule has 0 spiro atoms. The molecule has 0 unspecified atom stereocenters. The highest BCUT2D eigenvalue weighted by Gasteiger charge is 2.22. The Morgan fingerprint density at radius 1 is 1.29 bits per heavy atom. The highest BCUT2D eigenvalue weighted by molar-refractivity contribution is 7.93. The van der Waals surface area contributed by atoms with Gasteiger partial charge in [0.25, 0.3) is 10.0 Å². The zero-order chi connectivity index (χ0) is 15.8. The van der Waals surface area contributed by atoms with E-state index in [0.717, 1.165) is 23.5 Å². The first-order chi connectivity index (χ1) is 9.70. The molecule has 2 aromatic rings. The molecule has 0 atom stereocenters. The van der Waals surface area contributed by atoms with E-state index in [2.05, 4.69) is 4.72 Å². The number of nitrogens with one attached hydrogen (secondary N) is 1. The van der Waals surface area contributed by atoms with Crippen molar-refractivity contribution in [2.24, 2.45) is 0 Å². The van der Waals surface area contributed by atoms with Crippen molar-refractivity contribution in [3.05, 3.63) is 45.4 Å². The van der Waals surface area contributed by atoms with Gasteiger partial charge in [0.1, 0.15) is 15.6 Å². The van der Waals surface area contributed by atoms with Gasteiger partial charge in [0.15, 0.2) is 0 Å². The Morgan fingerprint density at radius 3 is 2.48 bits per heavy atom. The lowest BCUT2D eigenvalue weighted by atomic mass is 10.2. The molecule has 0 aliphatic carbocycles. The topological polar surface area (TPSA) is 83.5 Å². The average molecular weight is 329 g/mol. The summed E-state index contributed by atoms with van der Waals surface area (Å²) < 4.78 is 40.1. The zero-order valence-corrected chi connectivity index (χ0v) is 12.8. The van der Waals surface area contributed by atoms with Gasteiger partial charge in [-0.25, -0.2) is 17.6 Å². The second-order valence-corrected chi connectivity index (χ2v) is 7.31. The van der Waals surface area contributed by atoms with Crippen LogP contribution in [0.4, 0.5) is 10.1 Å². The van der Waals surface area contributed by atoms with E-state index < -0.39 is 21.8 Å². The number of hydrogen-bond acceptors (Lipinski definition) is 4. The summed E-state index contributed by atoms with van der Waals surface area (Å²) in [6, 6.07) is 5.06. The molecule has 21 heavy (non-hydrogen) atoms. The number of halogens is 1. The molecule has 0 aliphatic rings. The minimum Gasteiger partial charge on any atom is -0.477 e. The van der Waals surface area contributed by atoms with Crippen LogP contribution in [0.2, 0.25) is 0 Å². The molecule has 0 saturated carbocycles. The lowest BCUT2D eigenvalue weighted by Gasteiger charge is -2.08. The summed E-state index contributed by atoms with van der Waals surface area (Å²) >= 11 is 0.873. The van der Waals surface area contributed by atoms with Crippen LogP contribution in [0.15, 0.2) is 29.2 Å². The first-order valence-electron chi connectivity index (χ1n) is 5.83. The summed E-state index contributed by atoms with van der Waals surface area (Å²) in [4.78, 5) is 11.0. The lowest BCUT2D eigenvalue weighted by molar-refractivity contribution is 0.0702. The van der Waals surface area contributed by atoms with E-state index in [4.69, 9.17) is 5.11 Å². The van der Waals surface area contributed by atoms with Crippen molar-refractivity contribution in [3.8, 4) is 0 Å². The number of hydrogen-bond donors (Lipinski definition) is 2. The fourth-order valence-corrected chi connectivity index (χ4v) is 4.18. The monoisotopic (exact) mass is 329 g/mol. The van der Waals surface area contributed by atoms with Crippen LogP contribution in [0, 0.1) is 19.7 Å². The number of anilines is 1. The molecule has 8 heteroatoms. The Labute approximate surface area is 125 Å². The first-order valence-corrected chi connectivity index (χ1v) is 8.13. The molecule has 0 bridgehead atoms. The Bertz CT molecular complexity index is 812. The quantitative estimate of drug-likeness (QED) is 0.903. The van der Waals surface area contributed by atoms with Gasteiger partial charge in [-0.3, -0.25) is 4.72 Å². The maximum absolute atomic E-state index is 13.4. The molecule has 0 aliphatic heterocycles. The average Bonchev–Trinajstić information content (AvgIpc) is 2.77. The van der Waals surface area contributed by atoms with Gasteiger partial charge < -0.3 is 5.11 Å². The molecule has 1 heterocycles. The SMILES string of the molecule is Cc1ccc(NS(=O)(=O)c2cc(C(=O)O)sc2C)cc1F. The third-order valence-electron chi connectivity index (χ3n) is 2.80. The summed E-state index contributed by atoms with van der Waals surface area (Å²) in [6.45, 7) is 3.08. The number of benzene rings is 1. The van der Waals surface area contributed by atoms with Crippen LogP contribution in [0.1, 0.15) is 20.1 Å². The molecule has 112 valence electrons. The fourth-order valence-electron chi connectivity index (χ4n) is 1.70. The highest BCUT2D eigenvalue weighted by atomic mass is 32.2. The van der Waals surface area contributed by atoms with Crippen LogP contribution in [-0.2, 0) is 10.0 Å². The van der Waals surface area contributed by atoms with Gasteiger partial charge in [0.05, 0.1) is 5.69 Å². The molecule has 2 N–H and O–H groups in total. The van der Waals surface area contributed by atoms with Crippen LogP contribution in [-0.4, -0.2) is 19.5 Å². The van der Waals surface area contributed by atoms with Gasteiger partial charge in [-0.2, -0.15) is 0 Å². The van der Waals surface area contributed by atoms with Crippen LogP contribution in [0.3, 0.4) is 0 Å². The summed E-state index contributed by atoms with van der Waals surface area (Å²) in [5.41, 5.74) is 0.485. The Kier molecular flexibility index (Phi) is 4.02. The van der Waals surface area contributed by atoms with Gasteiger partial charge in [0.2, 0.25) is 0 Å². The molecule has 2 rings (SSSR count). The van der Waals surface area contributed by atoms with E-state index in [9.17, 15) is 17.6 Å². The molecule has 0 saturated heterocycles. The molecule has 0 radical (unpaired) electrons. The lowest BCUT2D eigenvalue weighted by Crippen LogP contribution is -2.13. The molecular formula is C13H12FNO4S2. The van der Waals surface area contributed by atoms with Crippen LogP contribution in [0.5, 0.6) is 0 Å². The zero-order valence-electron chi connectivity index (χ0n) is 11.2. The normalized spacial score (nSPS) is 11.4. The van der Waals surface area contributed by atoms with Crippen LogP contribution in [0.25, 0.3) is 0 Å². The number of aromatic carboxylic acids is 1. The molecule has 0 fully saturated rings. The number of rotatable bonds is 4. The Balaban J connectivity index is 2.38. The standard InChI is InChI=1S/C13H12FNO4S2/c1-7-3-4-9(5-10(7)14)15-21(18,19)12-6-11(13(16)17)20-8(12)2/h3-6,15H,1-2H3,(H,16,17). The van der Waals surface area contributed by atoms with Crippen molar-refractivity contribution in [2.75, 3.05) is 4.72 Å². The third-order valence-corrected chi connectivity index (χ3v) is 5.47. The molecule has 5 nitrogen and oxygen atoms in total. The number of sulfonamides is 1. The van der Waals surface area contributed by atoms with Crippen LogP contribution >= 0.6 is 11.3 Å². The van der Waals surface area contributed by atoms with E-state index >= 15 is 0 Å². The van der Waals surface area contributed by atoms with Gasteiger partial charge >= 0.3 is 5.97 Å². The van der Waals surface area contributed by atoms with Crippen molar-refractivity contribution in [3.63, 3.8) is 0 Å². The number of carbonyl (C=O) groups is 1. The Hall–Kier alpha value is -1.93. The van der Waals surface area contributed by atoms with E-state index in [1.165, 1.54) is 19.1 Å². The molecule has 0 amide bonds. The molecular weight excluding hydrogens is 317 g/mol. The smallest absolute Gasteiger partial charge is 0.345 e. The van der Waals surface area contributed by atoms with Gasteiger partial charge in [0, 0.05) is 4.88 Å². The minimum absolute atomic E-state index is 0.0667. The maximum atomic E-state index is 13.4. The van der Waals surface area contributed by atoms with Crippen molar-refractivity contribution in [1.29, 1.82) is 0 Å². The maximum Gasteiger partial charge on any atom is 0.345 e. The van der Waals surface area contributed by atoms with Gasteiger partial charge in [-0.1, -0.05) is 6.07 Å². The number of carboxylic acids is 1. The second-order valence-electron chi connectivity index (χ2n) is 4.41. The third kappa shape index (κ3) is 3.22. The molecule has 1 aromatic heterocycles. The predicted octanol–water partition coefficient (Wildman–Crippen LogP) is 3.00. The second kappa shape index (κ2) is 5.45. The fraction of sp³-hybridized carbons (Fsp3) is 0.154. The van der Waals surface area contributed by atoms with Gasteiger partial charge in [-0.15, -0.1) is 11.3 Å². The summed E-state index contributed by atoms with van der Waals surface area (Å²) in [5, 5.41) is 8.89. The van der Waals surface area contributed by atoms with Crippen molar-refractivity contribution in [2.45, 2.75) is 18.7 Å². The summed E-state index contributed by atoms with van der Waals surface area (Å²) in [6.07, 6.45) is 0. The van der Waals surface area contributed by atoms with Gasteiger partial charge in [-0.05, 0) is 37.6 Å². The highest BCUT2D eigenvalue weighted by Crippen LogP contribution is 2.27. The van der Waals surface area contributed by atoms with Crippen molar-refractivity contribution >= 4 is 33.0 Å². The van der Waals surface area contributed by atoms with Crippen LogP contribution < -0.4 is 4.72 Å². The van der Waals surface area contributed by atoms with Crippen molar-refractivity contribution in [1.82, 2.24) is 0 Å².